The summed E-state index contributed by atoms with van der Waals surface area (Å²) >= 11 is 0. The van der Waals surface area contributed by atoms with Crippen LogP contribution in [0.25, 0.3) is 0 Å². The zero-order chi connectivity index (χ0) is 2.71. The molecule has 0 radical (unpaired) electrons. The average Bonchev–Trinajstić information content (AvgIpc) is 0.918. The molecule has 3 heteroatoms. The first kappa shape index (κ1) is 9.01. The van der Waals surface area contributed by atoms with Crippen LogP contribution >= 0.6 is 0 Å². The van der Waals surface area contributed by atoms with Gasteiger partial charge in [-0.2, -0.15) is 0 Å². The first-order chi connectivity index (χ1) is 1.41. The van der Waals surface area contributed by atoms with E-state index in [1.807, 2.05) is 0 Å². The number of carbonyl (C=O) groups is 1. The van der Waals surface area contributed by atoms with Crippen LogP contribution in [0.15, 0.2) is 0 Å². The van der Waals surface area contributed by atoms with Crippen molar-refractivity contribution < 1.29 is 9.90 Å². The van der Waals surface area contributed by atoms with Crippen LogP contribution < -0.4 is 0 Å². The first-order valence-electron chi connectivity index (χ1n) is 0.494. The maximum atomic E-state index is 8.36. The zero-order valence-corrected chi connectivity index (χ0v) is 4.03. The number of carboxylic acid groups (broad SMARTS) is 1. The van der Waals surface area contributed by atoms with Crippen molar-refractivity contribution in [2.24, 2.45) is 0 Å². The number of hydrogen-bond acceptors (Lipinski definition) is 1. The summed E-state index contributed by atoms with van der Waals surface area (Å²) in [6.07, 6.45) is 0. The van der Waals surface area contributed by atoms with Crippen LogP contribution in [0.1, 0.15) is 0 Å². The van der Waals surface area contributed by atoms with Crippen LogP contribution in [0, 0.1) is 0 Å². The third kappa shape index (κ3) is 17600. The van der Waals surface area contributed by atoms with Gasteiger partial charge in [0.15, 0.2) is 0 Å². The standard InChI is InChI=1S/CH2O2.H2Se/c2-1-3;/h1H,(H,2,3);1H2. The quantitative estimate of drug-likeness (QED) is 0.327. The molecule has 0 aliphatic rings. The summed E-state index contributed by atoms with van der Waals surface area (Å²) in [6, 6.07) is 0. The predicted octanol–water partition coefficient (Wildman–Crippen LogP) is -1.22. The van der Waals surface area contributed by atoms with Crippen LogP contribution in [0.4, 0.5) is 0 Å². The number of rotatable bonds is 0. The number of hydrogen-bond donors (Lipinski definition) is 1. The van der Waals surface area contributed by atoms with Gasteiger partial charge in [-0.3, -0.25) is 4.79 Å². The Morgan fingerprint density at radius 3 is 1.75 bits per heavy atom. The van der Waals surface area contributed by atoms with Gasteiger partial charge in [0.2, 0.25) is 0 Å². The fraction of sp³-hybridized carbons (Fsp3) is 0. The van der Waals surface area contributed by atoms with Crippen molar-refractivity contribution in [2.75, 3.05) is 0 Å². The van der Waals surface area contributed by atoms with E-state index < -0.39 is 0 Å². The summed E-state index contributed by atoms with van der Waals surface area (Å²) in [7, 11) is 0. The summed E-state index contributed by atoms with van der Waals surface area (Å²) < 4.78 is 0. The molecule has 0 spiro atoms. The normalized spacial score (nSPS) is 3.00. The van der Waals surface area contributed by atoms with E-state index in [-0.39, 0.29) is 23.5 Å². The Morgan fingerprint density at radius 1 is 1.75 bits per heavy atom. The third-order valence-corrected chi connectivity index (χ3v) is 0. The molecule has 0 aliphatic carbocycles. The molecule has 0 atom stereocenters. The summed E-state index contributed by atoms with van der Waals surface area (Å²) in [5.41, 5.74) is 0. The molecule has 0 rings (SSSR count). The van der Waals surface area contributed by atoms with Gasteiger partial charge in [0, 0.05) is 0 Å². The van der Waals surface area contributed by atoms with Crippen molar-refractivity contribution >= 4 is 23.5 Å². The zero-order valence-electron chi connectivity index (χ0n) is 1.93. The Labute approximate surface area is 34.3 Å². The van der Waals surface area contributed by atoms with Crippen molar-refractivity contribution in [1.29, 1.82) is 0 Å². The minimum atomic E-state index is -0.250. The van der Waals surface area contributed by atoms with Crippen molar-refractivity contribution in [3.05, 3.63) is 0 Å². The SMILES string of the molecule is O=CO.[SeH2]. The molecule has 1 N–H and O–H groups in total. The molecule has 0 fully saturated rings. The van der Waals surface area contributed by atoms with E-state index in [0.717, 1.165) is 0 Å². The second-order valence-electron chi connectivity index (χ2n) is 0.105. The van der Waals surface area contributed by atoms with E-state index >= 15 is 0 Å². The molecule has 0 aromatic rings. The Bertz CT molecular complexity index is 13.5. The molecule has 0 bridgehead atoms. The van der Waals surface area contributed by atoms with Gasteiger partial charge in [0.1, 0.15) is 0 Å². The topological polar surface area (TPSA) is 37.3 Å². The van der Waals surface area contributed by atoms with E-state index in [4.69, 9.17) is 9.90 Å². The molecule has 0 heterocycles. The molecular formula is CH4O2Se. The van der Waals surface area contributed by atoms with Crippen molar-refractivity contribution in [3.8, 4) is 0 Å². The molecule has 0 aliphatic heterocycles. The van der Waals surface area contributed by atoms with Gasteiger partial charge >= 0.3 is 17.1 Å². The monoisotopic (exact) mass is 128 g/mol. The Balaban J connectivity index is 0. The molecule has 26 valence electrons. The first-order valence-corrected chi connectivity index (χ1v) is 0.494. The Hall–Kier alpha value is -0.0105. The van der Waals surface area contributed by atoms with Crippen LogP contribution in [0.2, 0.25) is 0 Å². The van der Waals surface area contributed by atoms with Gasteiger partial charge in [-0.15, -0.1) is 0 Å². The van der Waals surface area contributed by atoms with E-state index in [1.54, 1.807) is 0 Å². The van der Waals surface area contributed by atoms with E-state index in [9.17, 15) is 0 Å². The molecule has 0 unspecified atom stereocenters. The molecule has 0 amide bonds. The summed E-state index contributed by atoms with van der Waals surface area (Å²) in [5.74, 6) is 0. The van der Waals surface area contributed by atoms with Gasteiger partial charge in [0.05, 0.1) is 0 Å². The van der Waals surface area contributed by atoms with Gasteiger partial charge in [-0.05, 0) is 0 Å². The molecule has 0 aromatic carbocycles. The van der Waals surface area contributed by atoms with E-state index in [1.165, 1.54) is 0 Å². The van der Waals surface area contributed by atoms with Gasteiger partial charge in [-0.1, -0.05) is 0 Å². The Kier molecular flexibility index (Phi) is 27.2. The second-order valence-corrected chi connectivity index (χ2v) is 0.105. The van der Waals surface area contributed by atoms with Crippen LogP contribution in [0.5, 0.6) is 0 Å². The van der Waals surface area contributed by atoms with Gasteiger partial charge < -0.3 is 5.11 Å². The fourth-order valence-electron chi connectivity index (χ4n) is 0. The molecule has 0 saturated carbocycles. The molecule has 0 saturated heterocycles. The fourth-order valence-corrected chi connectivity index (χ4v) is 0. The van der Waals surface area contributed by atoms with Gasteiger partial charge in [-0.25, -0.2) is 0 Å². The molecule has 2 nitrogen and oxygen atoms in total. The van der Waals surface area contributed by atoms with Crippen molar-refractivity contribution in [1.82, 2.24) is 0 Å². The third-order valence-electron chi connectivity index (χ3n) is 0. The second kappa shape index (κ2) is 12.1. The molecule has 0 aromatic heterocycles. The van der Waals surface area contributed by atoms with Crippen molar-refractivity contribution in [2.45, 2.75) is 0 Å². The van der Waals surface area contributed by atoms with Gasteiger partial charge in [0.25, 0.3) is 6.47 Å². The molecule has 4 heavy (non-hydrogen) atoms. The predicted molar refractivity (Wildman–Crippen MR) is 17.2 cm³/mol. The Morgan fingerprint density at radius 2 is 1.75 bits per heavy atom. The summed E-state index contributed by atoms with van der Waals surface area (Å²) in [4.78, 5) is 8.36. The average molecular weight is 127 g/mol. The molecular weight excluding hydrogens is 123 g/mol. The van der Waals surface area contributed by atoms with Crippen LogP contribution in [-0.4, -0.2) is 28.6 Å². The van der Waals surface area contributed by atoms with Crippen LogP contribution in [-0.2, 0) is 4.79 Å². The van der Waals surface area contributed by atoms with E-state index in [0.29, 0.717) is 0 Å². The van der Waals surface area contributed by atoms with Crippen molar-refractivity contribution in [3.63, 3.8) is 0 Å². The maximum absolute atomic E-state index is 8.36. The van der Waals surface area contributed by atoms with E-state index in [2.05, 4.69) is 0 Å². The summed E-state index contributed by atoms with van der Waals surface area (Å²) in [5, 5.41) is 6.89. The summed E-state index contributed by atoms with van der Waals surface area (Å²) in [6.45, 7) is -0.250. The van der Waals surface area contributed by atoms with Crippen LogP contribution in [0.3, 0.4) is 0 Å². The minimum absolute atomic E-state index is 0.